The van der Waals surface area contributed by atoms with Crippen molar-refractivity contribution < 1.29 is 0 Å². The Hall–Kier alpha value is -3.52. The zero-order valence-corrected chi connectivity index (χ0v) is 15.1. The van der Waals surface area contributed by atoms with Crippen LogP contribution in [-0.2, 0) is 0 Å². The molecule has 27 heavy (non-hydrogen) atoms. The first kappa shape index (κ1) is 15.7. The van der Waals surface area contributed by atoms with Crippen LogP contribution in [0, 0.1) is 6.92 Å². The monoisotopic (exact) mass is 346 g/mol. The second kappa shape index (κ2) is 6.33. The number of rotatable bonds is 2. The number of fused-ring (bicyclic) bond motifs is 2. The highest BCUT2D eigenvalue weighted by Crippen LogP contribution is 2.35. The highest BCUT2D eigenvalue weighted by molar-refractivity contribution is 6.04. The summed E-state index contributed by atoms with van der Waals surface area (Å²) in [7, 11) is 0. The summed E-state index contributed by atoms with van der Waals surface area (Å²) >= 11 is 0. The van der Waals surface area contributed by atoms with Crippen LogP contribution in [0.3, 0.4) is 0 Å². The molecule has 2 nitrogen and oxygen atoms in total. The molecule has 0 N–H and O–H groups in total. The van der Waals surface area contributed by atoms with Gasteiger partial charge in [0, 0.05) is 16.5 Å². The molecule has 0 aliphatic rings. The summed E-state index contributed by atoms with van der Waals surface area (Å²) in [4.78, 5) is 9.90. The van der Waals surface area contributed by atoms with Crippen molar-refractivity contribution in [3.8, 4) is 22.6 Å². The summed E-state index contributed by atoms with van der Waals surface area (Å²) in [6.07, 6.45) is 0. The zero-order valence-electron chi connectivity index (χ0n) is 15.1. The third-order valence-corrected chi connectivity index (χ3v) is 5.01. The van der Waals surface area contributed by atoms with E-state index in [1.54, 1.807) is 0 Å². The minimum Gasteiger partial charge on any atom is -0.228 e. The number of nitrogens with zero attached hydrogens (tertiary/aromatic N) is 2. The van der Waals surface area contributed by atoms with Gasteiger partial charge in [-0.25, -0.2) is 9.97 Å². The van der Waals surface area contributed by atoms with Crippen molar-refractivity contribution in [3.63, 3.8) is 0 Å². The van der Waals surface area contributed by atoms with E-state index in [0.29, 0.717) is 0 Å². The van der Waals surface area contributed by atoms with Gasteiger partial charge in [0.05, 0.1) is 11.2 Å². The molecule has 0 saturated heterocycles. The van der Waals surface area contributed by atoms with Crippen LogP contribution in [0.5, 0.6) is 0 Å². The first-order chi connectivity index (χ1) is 13.3. The number of benzene rings is 4. The van der Waals surface area contributed by atoms with Gasteiger partial charge in [0.15, 0.2) is 5.82 Å². The van der Waals surface area contributed by atoms with E-state index in [9.17, 15) is 0 Å². The minimum absolute atomic E-state index is 0.761. The quantitative estimate of drug-likeness (QED) is 0.368. The second-order valence-electron chi connectivity index (χ2n) is 6.76. The molecule has 0 bridgehead atoms. The lowest BCUT2D eigenvalue weighted by atomic mass is 9.97. The van der Waals surface area contributed by atoms with E-state index in [0.717, 1.165) is 33.5 Å². The molecule has 0 spiro atoms. The van der Waals surface area contributed by atoms with Crippen molar-refractivity contribution in [1.29, 1.82) is 0 Å². The van der Waals surface area contributed by atoms with E-state index >= 15 is 0 Å². The molecule has 5 rings (SSSR count). The smallest absolute Gasteiger partial charge is 0.160 e. The van der Waals surface area contributed by atoms with Gasteiger partial charge in [-0.15, -0.1) is 0 Å². The van der Waals surface area contributed by atoms with Crippen molar-refractivity contribution in [2.24, 2.45) is 0 Å². The van der Waals surface area contributed by atoms with Crippen molar-refractivity contribution in [2.75, 3.05) is 0 Å². The highest BCUT2D eigenvalue weighted by Gasteiger charge is 2.14. The van der Waals surface area contributed by atoms with Crippen LogP contribution in [0.2, 0.25) is 0 Å². The zero-order chi connectivity index (χ0) is 18.2. The topological polar surface area (TPSA) is 25.8 Å². The first-order valence-electron chi connectivity index (χ1n) is 9.12. The summed E-state index contributed by atoms with van der Waals surface area (Å²) in [6, 6.07) is 31.3. The Kier molecular flexibility index (Phi) is 3.68. The van der Waals surface area contributed by atoms with Gasteiger partial charge >= 0.3 is 0 Å². The van der Waals surface area contributed by atoms with Crippen molar-refractivity contribution >= 4 is 21.7 Å². The molecule has 0 unspecified atom stereocenters. The molecule has 0 atom stereocenters. The van der Waals surface area contributed by atoms with Crippen LogP contribution in [0.15, 0.2) is 91.0 Å². The SMILES string of the molecule is Cc1cccc2nc(-c3ccccc3)nc(-c3cccc4ccccc34)c12. The Morgan fingerprint density at radius 2 is 1.37 bits per heavy atom. The Morgan fingerprint density at radius 1 is 0.630 bits per heavy atom. The summed E-state index contributed by atoms with van der Waals surface area (Å²) in [5, 5.41) is 3.55. The predicted octanol–water partition coefficient (Wildman–Crippen LogP) is 6.43. The van der Waals surface area contributed by atoms with Crippen LogP contribution in [0.4, 0.5) is 0 Å². The predicted molar refractivity (Wildman–Crippen MR) is 113 cm³/mol. The number of aromatic nitrogens is 2. The van der Waals surface area contributed by atoms with Crippen LogP contribution in [0.25, 0.3) is 44.3 Å². The molecule has 0 fully saturated rings. The fourth-order valence-electron chi connectivity index (χ4n) is 3.70. The molecule has 128 valence electrons. The summed E-state index contributed by atoms with van der Waals surface area (Å²) < 4.78 is 0. The number of aryl methyl sites for hydroxylation is 1. The van der Waals surface area contributed by atoms with Crippen molar-refractivity contribution in [2.45, 2.75) is 6.92 Å². The van der Waals surface area contributed by atoms with Crippen molar-refractivity contribution in [3.05, 3.63) is 96.6 Å². The maximum atomic E-state index is 5.04. The van der Waals surface area contributed by atoms with Crippen LogP contribution in [0.1, 0.15) is 5.56 Å². The van der Waals surface area contributed by atoms with Gasteiger partial charge in [-0.1, -0.05) is 84.9 Å². The second-order valence-corrected chi connectivity index (χ2v) is 6.76. The van der Waals surface area contributed by atoms with Gasteiger partial charge in [0.2, 0.25) is 0 Å². The van der Waals surface area contributed by atoms with E-state index in [1.807, 2.05) is 18.2 Å². The summed E-state index contributed by atoms with van der Waals surface area (Å²) in [5.74, 6) is 0.761. The molecule has 2 heteroatoms. The van der Waals surface area contributed by atoms with Gasteiger partial charge in [-0.05, 0) is 29.3 Å². The molecule has 0 aliphatic heterocycles. The lowest BCUT2D eigenvalue weighted by Crippen LogP contribution is -1.97. The summed E-state index contributed by atoms with van der Waals surface area (Å²) in [5.41, 5.74) is 5.34. The third kappa shape index (κ3) is 2.67. The van der Waals surface area contributed by atoms with Crippen LogP contribution < -0.4 is 0 Å². The maximum Gasteiger partial charge on any atom is 0.160 e. The lowest BCUT2D eigenvalue weighted by molar-refractivity contribution is 1.23. The molecular formula is C25H18N2. The number of hydrogen-bond acceptors (Lipinski definition) is 2. The first-order valence-corrected chi connectivity index (χ1v) is 9.12. The average molecular weight is 346 g/mol. The van der Waals surface area contributed by atoms with E-state index in [2.05, 4.69) is 79.7 Å². The fourth-order valence-corrected chi connectivity index (χ4v) is 3.70. The Balaban J connectivity index is 1.90. The molecule has 5 aromatic rings. The van der Waals surface area contributed by atoms with E-state index in [4.69, 9.17) is 9.97 Å². The maximum absolute atomic E-state index is 5.04. The van der Waals surface area contributed by atoms with Gasteiger partial charge in [-0.2, -0.15) is 0 Å². The molecular weight excluding hydrogens is 328 g/mol. The van der Waals surface area contributed by atoms with Gasteiger partial charge in [0.25, 0.3) is 0 Å². The molecule has 0 saturated carbocycles. The average Bonchev–Trinajstić information content (AvgIpc) is 2.73. The van der Waals surface area contributed by atoms with Crippen LogP contribution in [-0.4, -0.2) is 9.97 Å². The molecule has 0 radical (unpaired) electrons. The van der Waals surface area contributed by atoms with E-state index in [1.165, 1.54) is 16.3 Å². The van der Waals surface area contributed by atoms with Gasteiger partial charge in [0.1, 0.15) is 0 Å². The molecule has 4 aromatic carbocycles. The van der Waals surface area contributed by atoms with Crippen LogP contribution >= 0.6 is 0 Å². The largest absolute Gasteiger partial charge is 0.228 e. The van der Waals surface area contributed by atoms with Gasteiger partial charge in [-0.3, -0.25) is 0 Å². The number of hydrogen-bond donors (Lipinski definition) is 0. The van der Waals surface area contributed by atoms with E-state index in [-0.39, 0.29) is 0 Å². The molecule has 1 heterocycles. The molecule has 0 amide bonds. The van der Waals surface area contributed by atoms with E-state index < -0.39 is 0 Å². The lowest BCUT2D eigenvalue weighted by Gasteiger charge is -2.13. The van der Waals surface area contributed by atoms with Gasteiger partial charge < -0.3 is 0 Å². The Labute approximate surface area is 158 Å². The third-order valence-electron chi connectivity index (χ3n) is 5.01. The minimum atomic E-state index is 0.761. The van der Waals surface area contributed by atoms with Crippen molar-refractivity contribution in [1.82, 2.24) is 9.97 Å². The Bertz CT molecular complexity index is 1270. The summed E-state index contributed by atoms with van der Waals surface area (Å²) in [6.45, 7) is 2.13. The fraction of sp³-hybridized carbons (Fsp3) is 0.0400. The molecule has 0 aliphatic carbocycles. The normalized spacial score (nSPS) is 11.1. The Morgan fingerprint density at radius 3 is 2.26 bits per heavy atom. The molecule has 1 aromatic heterocycles. The standard InChI is InChI=1S/C25H18N2/c1-17-9-7-16-22-23(17)24(27-25(26-22)19-11-3-2-4-12-19)21-15-8-13-18-10-5-6-14-20(18)21/h2-16H,1H3. The highest BCUT2D eigenvalue weighted by atomic mass is 14.9.